The van der Waals surface area contributed by atoms with Crippen LogP contribution in [-0.4, -0.2) is 0 Å². The summed E-state index contributed by atoms with van der Waals surface area (Å²) in [7, 11) is 0. The molecule has 244 valence electrons. The van der Waals surface area contributed by atoms with Gasteiger partial charge in [-0.05, 0) is 93.2 Å². The Bertz CT molecular complexity index is 2630. The molecule has 51 heavy (non-hydrogen) atoms. The summed E-state index contributed by atoms with van der Waals surface area (Å²) in [5, 5.41) is 4.50. The predicted molar refractivity (Wildman–Crippen MR) is 217 cm³/mol. The van der Waals surface area contributed by atoms with Crippen molar-refractivity contribution >= 4 is 67.2 Å². The van der Waals surface area contributed by atoms with Gasteiger partial charge in [0, 0.05) is 50.2 Å². The molecular weight excluding hydrogens is 641 g/mol. The van der Waals surface area contributed by atoms with Crippen LogP contribution in [0.5, 0.6) is 0 Å². The molecule has 0 unspecified atom stereocenters. The van der Waals surface area contributed by atoms with Crippen molar-refractivity contribution in [1.29, 1.82) is 0 Å². The number of furan rings is 1. The van der Waals surface area contributed by atoms with Gasteiger partial charge >= 0.3 is 0 Å². The van der Waals surface area contributed by atoms with Crippen molar-refractivity contribution in [2.45, 2.75) is 10.6 Å². The monoisotopic (exact) mass is 674 g/mol. The maximum atomic E-state index is 6.56. The van der Waals surface area contributed by atoms with Gasteiger partial charge in [-0.1, -0.05) is 121 Å². The minimum Gasteiger partial charge on any atom is -0.456 e. The first kappa shape index (κ1) is 30.8. The topological polar surface area (TPSA) is 42.4 Å². The second-order valence-electron chi connectivity index (χ2n) is 12.8. The lowest BCUT2D eigenvalue weighted by Gasteiger charge is -2.26. The summed E-state index contributed by atoms with van der Waals surface area (Å²) in [6.45, 7) is 0. The molecule has 0 spiro atoms. The number of fused-ring (bicyclic) bond motifs is 4. The first-order chi connectivity index (χ1) is 25.2. The van der Waals surface area contributed by atoms with E-state index in [0.29, 0.717) is 0 Å². The first-order valence-corrected chi connectivity index (χ1v) is 18.1. The van der Waals surface area contributed by atoms with Crippen molar-refractivity contribution in [1.82, 2.24) is 0 Å². The molecule has 1 heterocycles. The normalized spacial score (nSPS) is 11.4. The second kappa shape index (κ2) is 13.2. The number of nitrogens with two attached hydrogens (primary N) is 1. The molecule has 2 N–H and O–H groups in total. The molecule has 3 nitrogen and oxygen atoms in total. The second-order valence-corrected chi connectivity index (χ2v) is 13.8. The molecule has 0 amide bonds. The standard InChI is InChI=1S/C47H34N2OS/c48-44-30-46-43(29-47(44)51-31-32-10-4-1-5-11-32)42-28-41(24-25-45(42)50-46)49(39-21-18-35(19-22-39)33-12-6-2-7-13-33)40-23-20-37-26-36(16-17-38(37)27-40)34-14-8-3-9-15-34/h1-30H,31,48H2. The number of nitrogen functional groups attached to an aromatic ring is 1. The van der Waals surface area contributed by atoms with Gasteiger partial charge in [0.2, 0.25) is 0 Å². The van der Waals surface area contributed by atoms with E-state index in [2.05, 4.69) is 175 Å². The Morgan fingerprint density at radius 1 is 0.451 bits per heavy atom. The zero-order valence-corrected chi connectivity index (χ0v) is 28.7. The average molecular weight is 675 g/mol. The molecule has 0 aliphatic heterocycles. The van der Waals surface area contributed by atoms with Crippen LogP contribution in [0, 0.1) is 0 Å². The number of thioether (sulfide) groups is 1. The number of anilines is 4. The maximum absolute atomic E-state index is 6.56. The van der Waals surface area contributed by atoms with Crippen LogP contribution in [0.15, 0.2) is 191 Å². The molecule has 8 aromatic carbocycles. The lowest BCUT2D eigenvalue weighted by molar-refractivity contribution is 0.669. The largest absolute Gasteiger partial charge is 0.456 e. The molecule has 9 aromatic rings. The van der Waals surface area contributed by atoms with Crippen molar-refractivity contribution in [3.63, 3.8) is 0 Å². The first-order valence-electron chi connectivity index (χ1n) is 17.1. The van der Waals surface area contributed by atoms with E-state index in [4.69, 9.17) is 10.2 Å². The van der Waals surface area contributed by atoms with E-state index in [1.165, 1.54) is 38.6 Å². The van der Waals surface area contributed by atoms with E-state index in [1.54, 1.807) is 11.8 Å². The van der Waals surface area contributed by atoms with Crippen molar-refractivity contribution in [3.05, 3.63) is 188 Å². The van der Waals surface area contributed by atoms with E-state index < -0.39 is 0 Å². The number of hydrogen-bond acceptors (Lipinski definition) is 4. The average Bonchev–Trinajstić information content (AvgIpc) is 3.54. The zero-order chi connectivity index (χ0) is 34.1. The maximum Gasteiger partial charge on any atom is 0.137 e. The van der Waals surface area contributed by atoms with Gasteiger partial charge in [-0.15, -0.1) is 11.8 Å². The Kier molecular flexibility index (Phi) is 8.00. The summed E-state index contributed by atoms with van der Waals surface area (Å²) in [4.78, 5) is 3.39. The van der Waals surface area contributed by atoms with Gasteiger partial charge in [-0.2, -0.15) is 0 Å². The third kappa shape index (κ3) is 6.11. The number of nitrogens with zero attached hydrogens (tertiary/aromatic N) is 1. The highest BCUT2D eigenvalue weighted by atomic mass is 32.2. The molecule has 4 heteroatoms. The van der Waals surface area contributed by atoms with Crippen molar-refractivity contribution in [2.24, 2.45) is 0 Å². The van der Waals surface area contributed by atoms with Crippen LogP contribution in [0.25, 0.3) is 55.0 Å². The third-order valence-electron chi connectivity index (χ3n) is 9.50. The summed E-state index contributed by atoms with van der Waals surface area (Å²) in [5.41, 5.74) is 18.2. The van der Waals surface area contributed by atoms with Crippen LogP contribution in [0.2, 0.25) is 0 Å². The molecule has 0 atom stereocenters. The summed E-state index contributed by atoms with van der Waals surface area (Å²) >= 11 is 1.75. The van der Waals surface area contributed by atoms with Crippen LogP contribution in [-0.2, 0) is 5.75 Å². The molecule has 0 radical (unpaired) electrons. The van der Waals surface area contributed by atoms with E-state index in [9.17, 15) is 0 Å². The fraction of sp³-hybridized carbons (Fsp3) is 0.0213. The molecule has 0 aliphatic rings. The molecular formula is C47H34N2OS. The molecule has 0 aliphatic carbocycles. The highest BCUT2D eigenvalue weighted by Gasteiger charge is 2.18. The number of rotatable bonds is 8. The fourth-order valence-corrected chi connectivity index (χ4v) is 7.81. The smallest absolute Gasteiger partial charge is 0.137 e. The Hall–Kier alpha value is -6.23. The minimum atomic E-state index is 0.731. The molecule has 0 fully saturated rings. The Labute approximate surface area is 301 Å². The third-order valence-corrected chi connectivity index (χ3v) is 10.6. The van der Waals surface area contributed by atoms with Gasteiger partial charge in [0.25, 0.3) is 0 Å². The number of benzene rings is 8. The molecule has 0 saturated heterocycles. The van der Waals surface area contributed by atoms with Crippen LogP contribution >= 0.6 is 11.8 Å². The van der Waals surface area contributed by atoms with Crippen LogP contribution < -0.4 is 10.6 Å². The molecule has 9 rings (SSSR count). The van der Waals surface area contributed by atoms with Crippen molar-refractivity contribution < 1.29 is 4.42 Å². The van der Waals surface area contributed by atoms with Gasteiger partial charge in [0.1, 0.15) is 11.2 Å². The van der Waals surface area contributed by atoms with Crippen molar-refractivity contribution in [3.8, 4) is 22.3 Å². The summed E-state index contributed by atoms with van der Waals surface area (Å²) < 4.78 is 6.36. The highest BCUT2D eigenvalue weighted by molar-refractivity contribution is 7.98. The molecule has 1 aromatic heterocycles. The van der Waals surface area contributed by atoms with E-state index in [1.807, 2.05) is 12.1 Å². The van der Waals surface area contributed by atoms with Crippen LogP contribution in [0.4, 0.5) is 22.7 Å². The molecule has 0 bridgehead atoms. The lowest BCUT2D eigenvalue weighted by Crippen LogP contribution is -2.09. The summed E-state index contributed by atoms with van der Waals surface area (Å²) in [6.07, 6.45) is 0. The van der Waals surface area contributed by atoms with E-state index in [-0.39, 0.29) is 0 Å². The Morgan fingerprint density at radius 3 is 1.75 bits per heavy atom. The fourth-order valence-electron chi connectivity index (χ4n) is 6.87. The predicted octanol–water partition coefficient (Wildman–Crippen LogP) is 13.4. The van der Waals surface area contributed by atoms with Gasteiger partial charge in [0.05, 0.1) is 0 Å². The van der Waals surface area contributed by atoms with Crippen LogP contribution in [0.1, 0.15) is 5.56 Å². The SMILES string of the molecule is Nc1cc2oc3ccc(N(c4ccc(-c5ccccc5)cc4)c4ccc5cc(-c6ccccc6)ccc5c4)cc3c2cc1SCc1ccccc1. The lowest BCUT2D eigenvalue weighted by atomic mass is 10.0. The van der Waals surface area contributed by atoms with Gasteiger partial charge in [-0.3, -0.25) is 0 Å². The highest BCUT2D eigenvalue weighted by Crippen LogP contribution is 2.42. The Morgan fingerprint density at radius 2 is 1.00 bits per heavy atom. The van der Waals surface area contributed by atoms with Gasteiger partial charge in [0.15, 0.2) is 0 Å². The van der Waals surface area contributed by atoms with E-state index >= 15 is 0 Å². The van der Waals surface area contributed by atoms with Gasteiger partial charge < -0.3 is 15.1 Å². The zero-order valence-electron chi connectivity index (χ0n) is 27.9. The van der Waals surface area contributed by atoms with Crippen LogP contribution in [0.3, 0.4) is 0 Å². The summed E-state index contributed by atoms with van der Waals surface area (Å²) in [5.74, 6) is 0.846. The quantitative estimate of drug-likeness (QED) is 0.129. The van der Waals surface area contributed by atoms with Crippen molar-refractivity contribution in [2.75, 3.05) is 10.6 Å². The Balaban J connectivity index is 1.14. The summed E-state index contributed by atoms with van der Waals surface area (Å²) in [6, 6.07) is 64.5. The minimum absolute atomic E-state index is 0.731. The molecule has 0 saturated carbocycles. The number of hydrogen-bond donors (Lipinski definition) is 1. The van der Waals surface area contributed by atoms with E-state index in [0.717, 1.165) is 55.3 Å². The van der Waals surface area contributed by atoms with Gasteiger partial charge in [-0.25, -0.2) is 0 Å².